The van der Waals surface area contributed by atoms with Gasteiger partial charge >= 0.3 is 5.97 Å². The smallest absolute Gasteiger partial charge is 0.306 e. The standard InChI is InChI=1S/C18H19NO4/c1-11-14-9-13(6-7-15(14)19-18(11)22)16(20)10-23-17(21)8-12-4-2-3-5-12/h2,4,6-7,9,11-12H,3,5,8,10H2,1H3,(H,19,22)/t11-,12+/m0/s1. The van der Waals surface area contributed by atoms with Gasteiger partial charge in [0.1, 0.15) is 0 Å². The van der Waals surface area contributed by atoms with Crippen molar-refractivity contribution < 1.29 is 19.1 Å². The van der Waals surface area contributed by atoms with Crippen LogP contribution in [0.4, 0.5) is 5.69 Å². The molecule has 0 fully saturated rings. The van der Waals surface area contributed by atoms with E-state index in [0.717, 1.165) is 24.1 Å². The molecule has 0 bridgehead atoms. The van der Waals surface area contributed by atoms with Gasteiger partial charge in [-0.1, -0.05) is 12.2 Å². The molecule has 0 aromatic heterocycles. The number of esters is 1. The van der Waals surface area contributed by atoms with Crippen LogP contribution in [0.15, 0.2) is 30.4 Å². The Morgan fingerprint density at radius 2 is 2.17 bits per heavy atom. The number of carbonyl (C=O) groups excluding carboxylic acids is 3. The summed E-state index contributed by atoms with van der Waals surface area (Å²) in [6.07, 6.45) is 6.37. The highest BCUT2D eigenvalue weighted by Gasteiger charge is 2.27. The first-order valence-electron chi connectivity index (χ1n) is 7.85. The molecule has 1 N–H and O–H groups in total. The van der Waals surface area contributed by atoms with Crippen LogP contribution >= 0.6 is 0 Å². The van der Waals surface area contributed by atoms with E-state index in [1.54, 1.807) is 25.1 Å². The number of amides is 1. The Bertz CT molecular complexity index is 692. The number of ketones is 1. The molecule has 1 aliphatic carbocycles. The van der Waals surface area contributed by atoms with Gasteiger partial charge in [0.2, 0.25) is 5.91 Å². The average molecular weight is 313 g/mol. The quantitative estimate of drug-likeness (QED) is 0.515. The van der Waals surface area contributed by atoms with Crippen molar-refractivity contribution in [1.29, 1.82) is 0 Å². The monoisotopic (exact) mass is 313 g/mol. The Kier molecular flexibility index (Phi) is 4.28. The molecule has 2 atom stereocenters. The molecule has 1 heterocycles. The number of Topliss-reactive ketones (excluding diaryl/α,β-unsaturated/α-hetero) is 1. The summed E-state index contributed by atoms with van der Waals surface area (Å²) in [5, 5.41) is 2.76. The minimum absolute atomic E-state index is 0.0688. The first kappa shape index (κ1) is 15.5. The van der Waals surface area contributed by atoms with Crippen molar-refractivity contribution >= 4 is 23.3 Å². The van der Waals surface area contributed by atoms with Gasteiger partial charge in [0.15, 0.2) is 12.4 Å². The lowest BCUT2D eigenvalue weighted by molar-refractivity contribution is -0.143. The van der Waals surface area contributed by atoms with E-state index in [4.69, 9.17) is 4.74 Å². The van der Waals surface area contributed by atoms with Crippen LogP contribution in [0.2, 0.25) is 0 Å². The molecule has 0 saturated carbocycles. The normalized spacial score (nSPS) is 21.9. The van der Waals surface area contributed by atoms with E-state index < -0.39 is 0 Å². The van der Waals surface area contributed by atoms with Crippen molar-refractivity contribution in [2.75, 3.05) is 11.9 Å². The Hall–Kier alpha value is -2.43. The number of anilines is 1. The second-order valence-corrected chi connectivity index (χ2v) is 6.07. The highest BCUT2D eigenvalue weighted by Crippen LogP contribution is 2.32. The Morgan fingerprint density at radius 1 is 1.35 bits per heavy atom. The fourth-order valence-electron chi connectivity index (χ4n) is 2.96. The van der Waals surface area contributed by atoms with Crippen molar-refractivity contribution in [3.05, 3.63) is 41.5 Å². The largest absolute Gasteiger partial charge is 0.457 e. The Balaban J connectivity index is 1.57. The van der Waals surface area contributed by atoms with E-state index in [1.165, 1.54) is 0 Å². The van der Waals surface area contributed by atoms with Gasteiger partial charge in [0.05, 0.1) is 12.3 Å². The lowest BCUT2D eigenvalue weighted by atomic mass is 9.99. The van der Waals surface area contributed by atoms with E-state index in [-0.39, 0.29) is 36.1 Å². The van der Waals surface area contributed by atoms with Crippen LogP contribution < -0.4 is 5.32 Å². The van der Waals surface area contributed by atoms with Crippen LogP contribution in [-0.4, -0.2) is 24.3 Å². The van der Waals surface area contributed by atoms with E-state index in [1.807, 2.05) is 6.08 Å². The zero-order chi connectivity index (χ0) is 16.4. The molecule has 23 heavy (non-hydrogen) atoms. The van der Waals surface area contributed by atoms with Crippen LogP contribution in [0, 0.1) is 5.92 Å². The third kappa shape index (κ3) is 3.33. The van der Waals surface area contributed by atoms with Crippen LogP contribution in [0.1, 0.15) is 48.0 Å². The minimum atomic E-state index is -0.346. The van der Waals surface area contributed by atoms with E-state index >= 15 is 0 Å². The second kappa shape index (κ2) is 6.36. The first-order chi connectivity index (χ1) is 11.0. The SMILES string of the molecule is C[C@@H]1C(=O)Nc2ccc(C(=O)COC(=O)C[C@@H]3C=CCC3)cc21. The van der Waals surface area contributed by atoms with Crippen molar-refractivity contribution in [2.45, 2.75) is 32.1 Å². The summed E-state index contributed by atoms with van der Waals surface area (Å²) in [6, 6.07) is 5.07. The molecule has 1 aromatic rings. The van der Waals surface area contributed by atoms with E-state index in [9.17, 15) is 14.4 Å². The molecule has 1 aliphatic heterocycles. The summed E-state index contributed by atoms with van der Waals surface area (Å²) >= 11 is 0. The molecule has 0 radical (unpaired) electrons. The third-order valence-corrected chi connectivity index (χ3v) is 4.40. The maximum atomic E-state index is 12.2. The summed E-state index contributed by atoms with van der Waals surface area (Å²) in [5.74, 6) is -0.707. The molecule has 1 aromatic carbocycles. The first-order valence-corrected chi connectivity index (χ1v) is 7.85. The van der Waals surface area contributed by atoms with Gasteiger partial charge in [0.25, 0.3) is 0 Å². The lowest BCUT2D eigenvalue weighted by Crippen LogP contribution is -2.16. The number of hydrogen-bond donors (Lipinski definition) is 1. The van der Waals surface area contributed by atoms with Crippen molar-refractivity contribution in [2.24, 2.45) is 5.92 Å². The molecular formula is C18H19NO4. The lowest BCUT2D eigenvalue weighted by Gasteiger charge is -2.09. The Morgan fingerprint density at radius 3 is 2.91 bits per heavy atom. The predicted molar refractivity (Wildman–Crippen MR) is 85.3 cm³/mol. The summed E-state index contributed by atoms with van der Waals surface area (Å²) < 4.78 is 5.08. The molecule has 120 valence electrons. The zero-order valence-electron chi connectivity index (χ0n) is 13.0. The van der Waals surface area contributed by atoms with Gasteiger partial charge in [-0.05, 0) is 49.4 Å². The van der Waals surface area contributed by atoms with Crippen molar-refractivity contribution in [3.8, 4) is 0 Å². The minimum Gasteiger partial charge on any atom is -0.457 e. The van der Waals surface area contributed by atoms with E-state index in [0.29, 0.717) is 12.0 Å². The van der Waals surface area contributed by atoms with E-state index in [2.05, 4.69) is 11.4 Å². The van der Waals surface area contributed by atoms with Crippen LogP contribution in [0.5, 0.6) is 0 Å². The fraction of sp³-hybridized carbons (Fsp3) is 0.389. The number of ether oxygens (including phenoxy) is 1. The summed E-state index contributed by atoms with van der Waals surface area (Å²) in [6.45, 7) is 1.54. The molecule has 5 nitrogen and oxygen atoms in total. The zero-order valence-corrected chi connectivity index (χ0v) is 13.0. The highest BCUT2D eigenvalue weighted by atomic mass is 16.5. The van der Waals surface area contributed by atoms with Gasteiger partial charge in [-0.3, -0.25) is 14.4 Å². The number of rotatable bonds is 5. The molecule has 0 spiro atoms. The maximum Gasteiger partial charge on any atom is 0.306 e. The average Bonchev–Trinajstić information content (AvgIpc) is 3.14. The van der Waals surface area contributed by atoms with Gasteiger partial charge in [0, 0.05) is 11.3 Å². The molecule has 0 unspecified atom stereocenters. The number of hydrogen-bond acceptors (Lipinski definition) is 4. The van der Waals surface area contributed by atoms with Gasteiger partial charge < -0.3 is 10.1 Å². The van der Waals surface area contributed by atoms with Crippen LogP contribution in [0.3, 0.4) is 0 Å². The topological polar surface area (TPSA) is 72.5 Å². The third-order valence-electron chi connectivity index (χ3n) is 4.40. The maximum absolute atomic E-state index is 12.2. The predicted octanol–water partition coefficient (Wildman–Crippen LogP) is 2.82. The van der Waals surface area contributed by atoms with Gasteiger partial charge in [-0.2, -0.15) is 0 Å². The molecule has 0 saturated heterocycles. The Labute approximate surface area is 134 Å². The second-order valence-electron chi connectivity index (χ2n) is 6.07. The molecule has 1 amide bonds. The summed E-state index contributed by atoms with van der Waals surface area (Å²) in [4.78, 5) is 35.6. The van der Waals surface area contributed by atoms with Gasteiger partial charge in [-0.15, -0.1) is 0 Å². The summed E-state index contributed by atoms with van der Waals surface area (Å²) in [7, 11) is 0. The van der Waals surface area contributed by atoms with Crippen LogP contribution in [0.25, 0.3) is 0 Å². The number of carbonyl (C=O) groups is 3. The molecular weight excluding hydrogens is 294 g/mol. The number of fused-ring (bicyclic) bond motifs is 1. The number of allylic oxidation sites excluding steroid dienone is 2. The van der Waals surface area contributed by atoms with Crippen molar-refractivity contribution in [3.63, 3.8) is 0 Å². The van der Waals surface area contributed by atoms with Gasteiger partial charge in [-0.25, -0.2) is 0 Å². The number of nitrogens with one attached hydrogen (secondary N) is 1. The fourth-order valence-corrected chi connectivity index (χ4v) is 2.96. The molecule has 3 rings (SSSR count). The molecule has 5 heteroatoms. The number of benzene rings is 1. The highest BCUT2D eigenvalue weighted by molar-refractivity contribution is 6.05. The molecule has 2 aliphatic rings. The summed E-state index contributed by atoms with van der Waals surface area (Å²) in [5.41, 5.74) is 2.01. The van der Waals surface area contributed by atoms with Crippen LogP contribution in [-0.2, 0) is 14.3 Å². The van der Waals surface area contributed by atoms with Crippen molar-refractivity contribution in [1.82, 2.24) is 0 Å².